The van der Waals surface area contributed by atoms with E-state index in [4.69, 9.17) is 0 Å². The van der Waals surface area contributed by atoms with Gasteiger partial charge in [-0.3, -0.25) is 0 Å². The Bertz CT molecular complexity index is 235. The molecule has 1 aliphatic heterocycles. The minimum Gasteiger partial charge on any atom is -0.212 e. The fourth-order valence-corrected chi connectivity index (χ4v) is 3.08. The second kappa shape index (κ2) is 3.75. The Hall–Kier alpha value is -0.0900. The first-order valence-corrected chi connectivity index (χ1v) is 6.37. The summed E-state index contributed by atoms with van der Waals surface area (Å²) in [5.74, 6) is 0. The van der Waals surface area contributed by atoms with Crippen LogP contribution in [-0.2, 0) is 10.0 Å². The topological polar surface area (TPSA) is 37.4 Å². The first-order chi connectivity index (χ1) is 5.55. The summed E-state index contributed by atoms with van der Waals surface area (Å²) in [5, 5.41) is 0. The lowest BCUT2D eigenvalue weighted by Gasteiger charge is -2.32. The highest BCUT2D eigenvalue weighted by molar-refractivity contribution is 7.88. The Kier molecular flexibility index (Phi) is 3.12. The molecule has 0 bridgehead atoms. The predicted molar refractivity (Wildman–Crippen MR) is 49.5 cm³/mol. The van der Waals surface area contributed by atoms with Crippen molar-refractivity contribution in [2.45, 2.75) is 38.6 Å². The molecule has 1 saturated heterocycles. The van der Waals surface area contributed by atoms with Crippen molar-refractivity contribution >= 4 is 10.0 Å². The number of hydrogen-bond donors (Lipinski definition) is 0. The minimum absolute atomic E-state index is 0.258. The fourth-order valence-electron chi connectivity index (χ4n) is 1.82. The van der Waals surface area contributed by atoms with Crippen molar-refractivity contribution in [3.05, 3.63) is 0 Å². The van der Waals surface area contributed by atoms with Crippen molar-refractivity contribution in [3.8, 4) is 0 Å². The van der Waals surface area contributed by atoms with E-state index < -0.39 is 10.0 Å². The molecule has 0 radical (unpaired) electrons. The first-order valence-electron chi connectivity index (χ1n) is 4.52. The van der Waals surface area contributed by atoms with Gasteiger partial charge in [0, 0.05) is 12.6 Å². The number of sulfonamides is 1. The van der Waals surface area contributed by atoms with Crippen molar-refractivity contribution < 1.29 is 8.42 Å². The maximum Gasteiger partial charge on any atom is 0.211 e. The zero-order valence-electron chi connectivity index (χ0n) is 7.78. The molecule has 0 unspecified atom stereocenters. The molecular weight excluding hydrogens is 174 g/mol. The summed E-state index contributed by atoms with van der Waals surface area (Å²) >= 11 is 0. The molecule has 4 heteroatoms. The predicted octanol–water partition coefficient (Wildman–Crippen LogP) is 1.21. The lowest BCUT2D eigenvalue weighted by atomic mass is 10.0. The van der Waals surface area contributed by atoms with Gasteiger partial charge in [-0.2, -0.15) is 4.31 Å². The molecular formula is C8H17NO2S. The summed E-state index contributed by atoms with van der Waals surface area (Å²) in [6, 6.07) is 0.258. The van der Waals surface area contributed by atoms with E-state index in [0.717, 1.165) is 25.8 Å². The average molecular weight is 191 g/mol. The van der Waals surface area contributed by atoms with Crippen LogP contribution < -0.4 is 0 Å². The minimum atomic E-state index is -2.95. The Morgan fingerprint density at radius 1 is 1.42 bits per heavy atom. The van der Waals surface area contributed by atoms with E-state index >= 15 is 0 Å². The van der Waals surface area contributed by atoms with E-state index in [-0.39, 0.29) is 6.04 Å². The zero-order chi connectivity index (χ0) is 9.19. The van der Waals surface area contributed by atoms with Crippen LogP contribution in [0.2, 0.25) is 0 Å². The third kappa shape index (κ3) is 2.20. The van der Waals surface area contributed by atoms with Gasteiger partial charge >= 0.3 is 0 Å². The van der Waals surface area contributed by atoms with Crippen LogP contribution in [0.4, 0.5) is 0 Å². The molecule has 0 aromatic carbocycles. The van der Waals surface area contributed by atoms with Crippen LogP contribution in [0.25, 0.3) is 0 Å². The fraction of sp³-hybridized carbons (Fsp3) is 1.00. The normalized spacial score (nSPS) is 27.3. The average Bonchev–Trinajstić information content (AvgIpc) is 2.03. The van der Waals surface area contributed by atoms with E-state index in [2.05, 4.69) is 0 Å². The van der Waals surface area contributed by atoms with Gasteiger partial charge in [0.1, 0.15) is 0 Å². The molecule has 1 rings (SSSR count). The molecule has 0 spiro atoms. The molecule has 0 aromatic rings. The monoisotopic (exact) mass is 191 g/mol. The van der Waals surface area contributed by atoms with E-state index in [0.29, 0.717) is 0 Å². The number of piperidine rings is 1. The molecule has 0 aromatic heterocycles. The largest absolute Gasteiger partial charge is 0.212 e. The summed E-state index contributed by atoms with van der Waals surface area (Å²) in [4.78, 5) is 0. The standard InChI is InChI=1S/C8H17NO2S/c1-3-8-6-4-5-7-9(8)12(2,10)11/h8H,3-7H2,1-2H3/t8-/m0/s1. The summed E-state index contributed by atoms with van der Waals surface area (Å²) < 4.78 is 24.2. The summed E-state index contributed by atoms with van der Waals surface area (Å²) in [6.07, 6.45) is 5.46. The SMILES string of the molecule is CC[C@H]1CCCCN1S(C)(=O)=O. The smallest absolute Gasteiger partial charge is 0.211 e. The molecule has 3 nitrogen and oxygen atoms in total. The molecule has 1 fully saturated rings. The van der Waals surface area contributed by atoms with Crippen molar-refractivity contribution in [2.24, 2.45) is 0 Å². The molecule has 72 valence electrons. The van der Waals surface area contributed by atoms with Crippen LogP contribution in [0, 0.1) is 0 Å². The molecule has 0 aliphatic carbocycles. The highest BCUT2D eigenvalue weighted by Gasteiger charge is 2.27. The Labute approximate surface area is 74.8 Å². The molecule has 0 N–H and O–H groups in total. The molecule has 0 saturated carbocycles. The Balaban J connectivity index is 2.72. The van der Waals surface area contributed by atoms with Crippen molar-refractivity contribution in [1.29, 1.82) is 0 Å². The third-order valence-electron chi connectivity index (χ3n) is 2.47. The van der Waals surface area contributed by atoms with Crippen LogP contribution in [0.3, 0.4) is 0 Å². The van der Waals surface area contributed by atoms with Gasteiger partial charge < -0.3 is 0 Å². The number of rotatable bonds is 2. The highest BCUT2D eigenvalue weighted by Crippen LogP contribution is 2.21. The summed E-state index contributed by atoms with van der Waals surface area (Å²) in [5.41, 5.74) is 0. The molecule has 0 amide bonds. The van der Waals surface area contributed by atoms with Gasteiger partial charge in [0.25, 0.3) is 0 Å². The zero-order valence-corrected chi connectivity index (χ0v) is 8.60. The molecule has 1 atom stereocenters. The Morgan fingerprint density at radius 2 is 2.08 bits per heavy atom. The van der Waals surface area contributed by atoms with E-state index in [1.807, 2.05) is 6.92 Å². The summed E-state index contributed by atoms with van der Waals surface area (Å²) in [7, 11) is -2.95. The number of nitrogens with zero attached hydrogens (tertiary/aromatic N) is 1. The molecule has 1 heterocycles. The quantitative estimate of drug-likeness (QED) is 0.658. The van der Waals surface area contributed by atoms with Gasteiger partial charge in [-0.1, -0.05) is 13.3 Å². The van der Waals surface area contributed by atoms with Crippen LogP contribution in [0.1, 0.15) is 32.6 Å². The van der Waals surface area contributed by atoms with E-state index in [9.17, 15) is 8.42 Å². The highest BCUT2D eigenvalue weighted by atomic mass is 32.2. The third-order valence-corrected chi connectivity index (χ3v) is 3.80. The summed E-state index contributed by atoms with van der Waals surface area (Å²) in [6.45, 7) is 2.77. The van der Waals surface area contributed by atoms with Gasteiger partial charge in [0.2, 0.25) is 10.0 Å². The van der Waals surface area contributed by atoms with Gasteiger partial charge in [-0.05, 0) is 19.3 Å². The van der Waals surface area contributed by atoms with Crippen LogP contribution in [-0.4, -0.2) is 31.6 Å². The van der Waals surface area contributed by atoms with Gasteiger partial charge in [-0.15, -0.1) is 0 Å². The van der Waals surface area contributed by atoms with Crippen LogP contribution in [0.15, 0.2) is 0 Å². The van der Waals surface area contributed by atoms with Crippen LogP contribution >= 0.6 is 0 Å². The first kappa shape index (κ1) is 9.99. The van der Waals surface area contributed by atoms with Gasteiger partial charge in [0.05, 0.1) is 6.26 Å². The van der Waals surface area contributed by atoms with E-state index in [1.165, 1.54) is 12.7 Å². The van der Waals surface area contributed by atoms with E-state index in [1.54, 1.807) is 4.31 Å². The van der Waals surface area contributed by atoms with Crippen molar-refractivity contribution in [2.75, 3.05) is 12.8 Å². The second-order valence-electron chi connectivity index (χ2n) is 3.43. The van der Waals surface area contributed by atoms with Crippen molar-refractivity contribution in [3.63, 3.8) is 0 Å². The van der Waals surface area contributed by atoms with Crippen molar-refractivity contribution in [1.82, 2.24) is 4.31 Å². The van der Waals surface area contributed by atoms with Gasteiger partial charge in [-0.25, -0.2) is 8.42 Å². The maximum atomic E-state index is 11.3. The molecule has 12 heavy (non-hydrogen) atoms. The maximum absolute atomic E-state index is 11.3. The van der Waals surface area contributed by atoms with Gasteiger partial charge in [0.15, 0.2) is 0 Å². The second-order valence-corrected chi connectivity index (χ2v) is 5.37. The lowest BCUT2D eigenvalue weighted by molar-refractivity contribution is 0.248. The number of hydrogen-bond acceptors (Lipinski definition) is 2. The molecule has 1 aliphatic rings. The lowest BCUT2D eigenvalue weighted by Crippen LogP contribution is -2.42. The Morgan fingerprint density at radius 3 is 2.50 bits per heavy atom. The van der Waals surface area contributed by atoms with Crippen LogP contribution in [0.5, 0.6) is 0 Å².